The summed E-state index contributed by atoms with van der Waals surface area (Å²) in [5.41, 5.74) is 7.07. The van der Waals surface area contributed by atoms with Crippen LogP contribution in [0.1, 0.15) is 39.4 Å². The van der Waals surface area contributed by atoms with Gasteiger partial charge in [-0.3, -0.25) is 5.10 Å². The molecule has 114 valence electrons. The second kappa shape index (κ2) is 6.85. The van der Waals surface area contributed by atoms with Crippen LogP contribution in [0.25, 0.3) is 11.4 Å². The van der Waals surface area contributed by atoms with Crippen molar-refractivity contribution < 1.29 is 0 Å². The van der Waals surface area contributed by atoms with Crippen molar-refractivity contribution in [2.75, 3.05) is 6.54 Å². The minimum atomic E-state index is 0.279. The van der Waals surface area contributed by atoms with Crippen LogP contribution in [0.4, 0.5) is 0 Å². The number of hydrogen-bond donors (Lipinski definition) is 2. The number of aromatic amines is 1. The predicted octanol–water partition coefficient (Wildman–Crippen LogP) is 3.42. The lowest BCUT2D eigenvalue weighted by molar-refractivity contribution is 0.214. The van der Waals surface area contributed by atoms with E-state index in [0.29, 0.717) is 5.92 Å². The molecule has 0 saturated carbocycles. The molecule has 1 atom stereocenters. The Hall–Kier alpha value is -1.68. The first-order valence-corrected chi connectivity index (χ1v) is 7.67. The van der Waals surface area contributed by atoms with E-state index in [-0.39, 0.29) is 5.41 Å². The van der Waals surface area contributed by atoms with Crippen LogP contribution in [0.5, 0.6) is 0 Å². The standard InChI is InChI=1S/C17H26N4/c1-17(2,3)14(11-12-18)9-10-15-19-16(21-20-15)13-7-5-4-6-8-13/h4-8,14H,9-12,18H2,1-3H3,(H,19,20,21). The second-order valence-corrected chi connectivity index (χ2v) is 6.65. The van der Waals surface area contributed by atoms with Crippen LogP contribution in [-0.4, -0.2) is 21.7 Å². The van der Waals surface area contributed by atoms with Gasteiger partial charge in [-0.25, -0.2) is 4.98 Å². The average molecular weight is 286 g/mol. The van der Waals surface area contributed by atoms with E-state index in [1.807, 2.05) is 30.3 Å². The molecule has 21 heavy (non-hydrogen) atoms. The summed E-state index contributed by atoms with van der Waals surface area (Å²) in [4.78, 5) is 4.60. The van der Waals surface area contributed by atoms with Gasteiger partial charge in [0.15, 0.2) is 5.82 Å². The maximum Gasteiger partial charge on any atom is 0.181 e. The van der Waals surface area contributed by atoms with E-state index in [1.165, 1.54) is 0 Å². The summed E-state index contributed by atoms with van der Waals surface area (Å²) in [5, 5.41) is 7.37. The van der Waals surface area contributed by atoms with Gasteiger partial charge < -0.3 is 5.73 Å². The van der Waals surface area contributed by atoms with Crippen LogP contribution in [-0.2, 0) is 6.42 Å². The normalized spacial score (nSPS) is 13.3. The number of hydrogen-bond acceptors (Lipinski definition) is 3. The van der Waals surface area contributed by atoms with Gasteiger partial charge in [0.05, 0.1) is 0 Å². The van der Waals surface area contributed by atoms with Crippen molar-refractivity contribution in [1.82, 2.24) is 15.2 Å². The third kappa shape index (κ3) is 4.39. The minimum absolute atomic E-state index is 0.279. The zero-order valence-corrected chi connectivity index (χ0v) is 13.3. The number of nitrogens with two attached hydrogens (primary N) is 1. The number of benzene rings is 1. The lowest BCUT2D eigenvalue weighted by Crippen LogP contribution is -2.24. The summed E-state index contributed by atoms with van der Waals surface area (Å²) < 4.78 is 0. The highest BCUT2D eigenvalue weighted by atomic mass is 15.2. The molecule has 0 aliphatic heterocycles. The highest BCUT2D eigenvalue weighted by Gasteiger charge is 2.23. The molecule has 0 fully saturated rings. The van der Waals surface area contributed by atoms with Gasteiger partial charge in [0.1, 0.15) is 5.82 Å². The lowest BCUT2D eigenvalue weighted by Gasteiger charge is -2.30. The van der Waals surface area contributed by atoms with Gasteiger partial charge in [0.2, 0.25) is 0 Å². The molecule has 0 radical (unpaired) electrons. The van der Waals surface area contributed by atoms with Gasteiger partial charge in [-0.15, -0.1) is 0 Å². The van der Waals surface area contributed by atoms with Crippen molar-refractivity contribution in [2.45, 2.75) is 40.0 Å². The van der Waals surface area contributed by atoms with Crippen LogP contribution >= 0.6 is 0 Å². The van der Waals surface area contributed by atoms with Gasteiger partial charge in [-0.1, -0.05) is 51.1 Å². The van der Waals surface area contributed by atoms with Crippen LogP contribution in [0, 0.1) is 11.3 Å². The Kier molecular flexibility index (Phi) is 5.12. The summed E-state index contributed by atoms with van der Waals surface area (Å²) >= 11 is 0. The van der Waals surface area contributed by atoms with Crippen molar-refractivity contribution >= 4 is 0 Å². The molecule has 1 aromatic carbocycles. The van der Waals surface area contributed by atoms with Crippen LogP contribution in [0.3, 0.4) is 0 Å². The van der Waals surface area contributed by atoms with Crippen molar-refractivity contribution in [3.8, 4) is 11.4 Å². The number of nitrogens with zero attached hydrogens (tertiary/aromatic N) is 2. The molecular weight excluding hydrogens is 260 g/mol. The molecule has 4 nitrogen and oxygen atoms in total. The van der Waals surface area contributed by atoms with Crippen molar-refractivity contribution in [2.24, 2.45) is 17.1 Å². The lowest BCUT2D eigenvalue weighted by atomic mass is 9.76. The number of aryl methyl sites for hydroxylation is 1. The van der Waals surface area contributed by atoms with Gasteiger partial charge in [-0.2, -0.15) is 5.10 Å². The Morgan fingerprint density at radius 3 is 2.48 bits per heavy atom. The van der Waals surface area contributed by atoms with Crippen molar-refractivity contribution in [3.63, 3.8) is 0 Å². The first-order chi connectivity index (χ1) is 10.0. The Balaban J connectivity index is 1.99. The monoisotopic (exact) mass is 286 g/mol. The Labute approximate surface area is 127 Å². The van der Waals surface area contributed by atoms with Crippen LogP contribution < -0.4 is 5.73 Å². The summed E-state index contributed by atoms with van der Waals surface area (Å²) in [6.45, 7) is 7.59. The molecule has 0 aliphatic rings. The van der Waals surface area contributed by atoms with E-state index < -0.39 is 0 Å². The SMILES string of the molecule is CC(C)(C)C(CCN)CCc1nc(-c2ccccc2)n[nH]1. The van der Waals surface area contributed by atoms with E-state index in [0.717, 1.165) is 43.0 Å². The highest BCUT2D eigenvalue weighted by Crippen LogP contribution is 2.32. The smallest absolute Gasteiger partial charge is 0.181 e. The number of H-pyrrole nitrogens is 1. The second-order valence-electron chi connectivity index (χ2n) is 6.65. The van der Waals surface area contributed by atoms with Crippen LogP contribution in [0.15, 0.2) is 30.3 Å². The molecular formula is C17H26N4. The van der Waals surface area contributed by atoms with Gasteiger partial charge in [0.25, 0.3) is 0 Å². The van der Waals surface area contributed by atoms with Gasteiger partial charge in [0, 0.05) is 12.0 Å². The van der Waals surface area contributed by atoms with Crippen molar-refractivity contribution in [3.05, 3.63) is 36.2 Å². The molecule has 3 N–H and O–H groups in total. The Bertz CT molecular complexity index is 539. The Morgan fingerprint density at radius 1 is 1.14 bits per heavy atom. The fourth-order valence-electron chi connectivity index (χ4n) is 2.65. The predicted molar refractivity (Wildman–Crippen MR) is 86.8 cm³/mol. The fourth-order valence-corrected chi connectivity index (χ4v) is 2.65. The first kappa shape index (κ1) is 15.7. The van der Waals surface area contributed by atoms with Crippen LogP contribution in [0.2, 0.25) is 0 Å². The Morgan fingerprint density at radius 2 is 1.86 bits per heavy atom. The molecule has 4 heteroatoms. The average Bonchev–Trinajstić information content (AvgIpc) is 2.92. The molecule has 2 rings (SSSR count). The van der Waals surface area contributed by atoms with E-state index >= 15 is 0 Å². The molecule has 2 aromatic rings. The maximum absolute atomic E-state index is 5.74. The molecule has 0 aliphatic carbocycles. The number of aromatic nitrogens is 3. The molecule has 0 amide bonds. The van der Waals surface area contributed by atoms with E-state index in [4.69, 9.17) is 5.73 Å². The van der Waals surface area contributed by atoms with E-state index in [2.05, 4.69) is 36.0 Å². The zero-order chi connectivity index (χ0) is 15.3. The largest absolute Gasteiger partial charge is 0.330 e. The van der Waals surface area contributed by atoms with Gasteiger partial charge in [-0.05, 0) is 30.7 Å². The molecule has 0 bridgehead atoms. The third-order valence-corrected chi connectivity index (χ3v) is 4.03. The number of nitrogens with one attached hydrogen (secondary N) is 1. The zero-order valence-electron chi connectivity index (χ0n) is 13.3. The first-order valence-electron chi connectivity index (χ1n) is 7.67. The summed E-state index contributed by atoms with van der Waals surface area (Å²) in [7, 11) is 0. The molecule has 0 saturated heterocycles. The quantitative estimate of drug-likeness (QED) is 0.855. The molecule has 0 spiro atoms. The minimum Gasteiger partial charge on any atom is -0.330 e. The molecule has 1 aromatic heterocycles. The van der Waals surface area contributed by atoms with Crippen molar-refractivity contribution in [1.29, 1.82) is 0 Å². The third-order valence-electron chi connectivity index (χ3n) is 4.03. The molecule has 1 unspecified atom stereocenters. The maximum atomic E-state index is 5.74. The van der Waals surface area contributed by atoms with E-state index in [1.54, 1.807) is 0 Å². The molecule has 1 heterocycles. The highest BCUT2D eigenvalue weighted by molar-refractivity contribution is 5.53. The topological polar surface area (TPSA) is 67.6 Å². The number of rotatable bonds is 6. The van der Waals surface area contributed by atoms with Gasteiger partial charge >= 0.3 is 0 Å². The summed E-state index contributed by atoms with van der Waals surface area (Å²) in [5.74, 6) is 2.34. The van der Waals surface area contributed by atoms with E-state index in [9.17, 15) is 0 Å². The fraction of sp³-hybridized carbons (Fsp3) is 0.529. The summed E-state index contributed by atoms with van der Waals surface area (Å²) in [6, 6.07) is 10.1. The summed E-state index contributed by atoms with van der Waals surface area (Å²) in [6.07, 6.45) is 3.06.